The lowest BCUT2D eigenvalue weighted by atomic mass is 10.2. The Bertz CT molecular complexity index is 1000. The van der Waals surface area contributed by atoms with Gasteiger partial charge in [-0.3, -0.25) is 0 Å². The van der Waals surface area contributed by atoms with Gasteiger partial charge in [-0.25, -0.2) is 4.98 Å². The van der Waals surface area contributed by atoms with Crippen molar-refractivity contribution >= 4 is 46.5 Å². The molecule has 4 rings (SSSR count). The van der Waals surface area contributed by atoms with Gasteiger partial charge in [-0.15, -0.1) is 12.4 Å². The van der Waals surface area contributed by atoms with E-state index in [0.717, 1.165) is 28.1 Å². The summed E-state index contributed by atoms with van der Waals surface area (Å²) in [5.74, 6) is 1.35. The van der Waals surface area contributed by atoms with Crippen LogP contribution in [0, 0.1) is 6.92 Å². The molecule has 4 aromatic rings. The van der Waals surface area contributed by atoms with Gasteiger partial charge in [-0.05, 0) is 43.3 Å². The highest BCUT2D eigenvalue weighted by Gasteiger charge is 2.08. The molecule has 1 heterocycles. The third-order valence-electron chi connectivity index (χ3n) is 3.95. The van der Waals surface area contributed by atoms with Gasteiger partial charge < -0.3 is 10.6 Å². The summed E-state index contributed by atoms with van der Waals surface area (Å²) in [5.41, 5.74) is 4.07. The number of rotatable bonds is 4. The topological polar surface area (TPSA) is 49.8 Å². The average molecular weight is 363 g/mol. The first kappa shape index (κ1) is 17.7. The van der Waals surface area contributed by atoms with E-state index in [4.69, 9.17) is 0 Å². The predicted octanol–water partition coefficient (Wildman–Crippen LogP) is 5.85. The average Bonchev–Trinajstić information content (AvgIpc) is 2.65. The molecule has 0 radical (unpaired) electrons. The maximum atomic E-state index is 4.68. The first-order valence-corrected chi connectivity index (χ1v) is 8.20. The van der Waals surface area contributed by atoms with Gasteiger partial charge in [0.15, 0.2) is 0 Å². The minimum absolute atomic E-state index is 0. The van der Waals surface area contributed by atoms with Crippen molar-refractivity contribution in [2.24, 2.45) is 0 Å². The van der Waals surface area contributed by atoms with Crippen LogP contribution in [0.4, 0.5) is 23.1 Å². The second-order valence-electron chi connectivity index (χ2n) is 5.90. The van der Waals surface area contributed by atoms with Crippen LogP contribution in [0.1, 0.15) is 5.56 Å². The summed E-state index contributed by atoms with van der Waals surface area (Å²) in [5, 5.41) is 7.67. The van der Waals surface area contributed by atoms with Gasteiger partial charge >= 0.3 is 0 Å². The lowest BCUT2D eigenvalue weighted by molar-refractivity contribution is 1.21. The summed E-state index contributed by atoms with van der Waals surface area (Å²) < 4.78 is 0. The van der Waals surface area contributed by atoms with Crippen molar-refractivity contribution < 1.29 is 0 Å². The Morgan fingerprint density at radius 1 is 0.654 bits per heavy atom. The zero-order valence-corrected chi connectivity index (χ0v) is 15.1. The molecule has 0 spiro atoms. The van der Waals surface area contributed by atoms with E-state index in [1.165, 1.54) is 5.56 Å². The maximum absolute atomic E-state index is 4.68. The minimum atomic E-state index is 0. The van der Waals surface area contributed by atoms with E-state index in [-0.39, 0.29) is 12.4 Å². The fraction of sp³-hybridized carbons (Fsp3) is 0.0476. The zero-order valence-electron chi connectivity index (χ0n) is 14.3. The maximum Gasteiger partial charge on any atom is 0.229 e. The Hall–Kier alpha value is -3.11. The van der Waals surface area contributed by atoms with Crippen molar-refractivity contribution in [3.8, 4) is 0 Å². The van der Waals surface area contributed by atoms with Crippen molar-refractivity contribution in [2.75, 3.05) is 10.6 Å². The van der Waals surface area contributed by atoms with Crippen LogP contribution >= 0.6 is 12.4 Å². The molecular formula is C21H19ClN4. The molecule has 0 saturated heterocycles. The van der Waals surface area contributed by atoms with Gasteiger partial charge in [-0.2, -0.15) is 4.98 Å². The van der Waals surface area contributed by atoms with Crippen LogP contribution in [0.15, 0.2) is 78.9 Å². The monoisotopic (exact) mass is 362 g/mol. The number of anilines is 4. The van der Waals surface area contributed by atoms with Crippen molar-refractivity contribution in [2.45, 2.75) is 6.92 Å². The minimum Gasteiger partial charge on any atom is -0.340 e. The Morgan fingerprint density at radius 3 is 2.08 bits per heavy atom. The van der Waals surface area contributed by atoms with E-state index in [0.29, 0.717) is 5.95 Å². The van der Waals surface area contributed by atoms with E-state index < -0.39 is 0 Å². The standard InChI is InChI=1S/C21H18N4.ClH/c1-15-11-13-17(14-12-15)23-21-24-19-10-6-5-9-18(19)20(25-21)22-16-7-3-2-4-8-16;/h2-14H,1H3,(H2,22,23,24,25);1H. The van der Waals surface area contributed by atoms with Crippen LogP contribution in [0.3, 0.4) is 0 Å². The van der Waals surface area contributed by atoms with Crippen molar-refractivity contribution in [3.05, 3.63) is 84.4 Å². The Kier molecular flexibility index (Phi) is 5.34. The predicted molar refractivity (Wildman–Crippen MR) is 111 cm³/mol. The quantitative estimate of drug-likeness (QED) is 0.478. The third-order valence-corrected chi connectivity index (χ3v) is 3.95. The Labute approximate surface area is 158 Å². The summed E-state index contributed by atoms with van der Waals surface area (Å²) in [4.78, 5) is 9.31. The van der Waals surface area contributed by atoms with E-state index in [2.05, 4.69) is 39.7 Å². The SMILES string of the molecule is Cc1ccc(Nc2nc(Nc3ccccc3)c3ccccc3n2)cc1.Cl. The van der Waals surface area contributed by atoms with Crippen LogP contribution < -0.4 is 10.6 Å². The number of halogens is 1. The highest BCUT2D eigenvalue weighted by atomic mass is 35.5. The molecule has 0 bridgehead atoms. The number of aromatic nitrogens is 2. The summed E-state index contributed by atoms with van der Waals surface area (Å²) >= 11 is 0. The van der Waals surface area contributed by atoms with Crippen molar-refractivity contribution in [1.82, 2.24) is 9.97 Å². The van der Waals surface area contributed by atoms with E-state index in [9.17, 15) is 0 Å². The molecule has 0 aliphatic carbocycles. The largest absolute Gasteiger partial charge is 0.340 e. The fourth-order valence-corrected chi connectivity index (χ4v) is 2.65. The van der Waals surface area contributed by atoms with Crippen molar-refractivity contribution in [1.29, 1.82) is 0 Å². The number of nitrogens with one attached hydrogen (secondary N) is 2. The molecule has 0 fully saturated rings. The Morgan fingerprint density at radius 2 is 1.31 bits per heavy atom. The zero-order chi connectivity index (χ0) is 17.1. The molecule has 3 aromatic carbocycles. The molecule has 0 saturated carbocycles. The molecule has 130 valence electrons. The van der Waals surface area contributed by atoms with E-state index in [1.54, 1.807) is 0 Å². The molecule has 0 aliphatic heterocycles. The van der Waals surface area contributed by atoms with Crippen LogP contribution in [0.25, 0.3) is 10.9 Å². The Balaban J connectivity index is 0.00000196. The van der Waals surface area contributed by atoms with Gasteiger partial charge in [0.2, 0.25) is 5.95 Å². The fourth-order valence-electron chi connectivity index (χ4n) is 2.65. The first-order valence-electron chi connectivity index (χ1n) is 8.20. The molecule has 5 heteroatoms. The second kappa shape index (κ2) is 7.85. The normalized spacial score (nSPS) is 10.2. The lowest BCUT2D eigenvalue weighted by Gasteiger charge is -2.12. The number of benzene rings is 3. The molecule has 26 heavy (non-hydrogen) atoms. The summed E-state index contributed by atoms with van der Waals surface area (Å²) in [6, 6.07) is 26.2. The van der Waals surface area contributed by atoms with E-state index >= 15 is 0 Å². The summed E-state index contributed by atoms with van der Waals surface area (Å²) in [7, 11) is 0. The molecule has 2 N–H and O–H groups in total. The van der Waals surface area contributed by atoms with Gasteiger partial charge in [0.05, 0.1) is 5.52 Å². The number of para-hydroxylation sites is 2. The van der Waals surface area contributed by atoms with Crippen LogP contribution in [-0.2, 0) is 0 Å². The molecule has 1 aromatic heterocycles. The lowest BCUT2D eigenvalue weighted by Crippen LogP contribution is -2.02. The van der Waals surface area contributed by atoms with Gasteiger partial charge in [0.1, 0.15) is 5.82 Å². The first-order chi connectivity index (χ1) is 12.3. The number of fused-ring (bicyclic) bond motifs is 1. The van der Waals surface area contributed by atoms with E-state index in [1.807, 2.05) is 66.7 Å². The molecule has 0 atom stereocenters. The van der Waals surface area contributed by atoms with Gasteiger partial charge in [0, 0.05) is 16.8 Å². The molecule has 0 amide bonds. The van der Waals surface area contributed by atoms with Crippen LogP contribution in [-0.4, -0.2) is 9.97 Å². The number of hydrogen-bond donors (Lipinski definition) is 2. The number of hydrogen-bond acceptors (Lipinski definition) is 4. The van der Waals surface area contributed by atoms with Gasteiger partial charge in [-0.1, -0.05) is 48.0 Å². The molecule has 0 unspecified atom stereocenters. The summed E-state index contributed by atoms with van der Waals surface area (Å²) in [6.07, 6.45) is 0. The highest BCUT2D eigenvalue weighted by Crippen LogP contribution is 2.26. The number of nitrogens with zero attached hydrogens (tertiary/aromatic N) is 2. The molecular weight excluding hydrogens is 344 g/mol. The van der Waals surface area contributed by atoms with Crippen LogP contribution in [0.2, 0.25) is 0 Å². The second-order valence-corrected chi connectivity index (χ2v) is 5.90. The molecule has 0 aliphatic rings. The highest BCUT2D eigenvalue weighted by molar-refractivity contribution is 5.92. The van der Waals surface area contributed by atoms with Gasteiger partial charge in [0.25, 0.3) is 0 Å². The van der Waals surface area contributed by atoms with Crippen molar-refractivity contribution in [3.63, 3.8) is 0 Å². The number of aryl methyl sites for hydroxylation is 1. The van der Waals surface area contributed by atoms with Crippen LogP contribution in [0.5, 0.6) is 0 Å². The smallest absolute Gasteiger partial charge is 0.229 e. The summed E-state index contributed by atoms with van der Waals surface area (Å²) in [6.45, 7) is 2.07. The molecule has 4 nitrogen and oxygen atoms in total. The third kappa shape index (κ3) is 3.92.